The van der Waals surface area contributed by atoms with Gasteiger partial charge in [0.1, 0.15) is 9.75 Å². The average Bonchev–Trinajstić information content (AvgIpc) is 3.20. The van der Waals surface area contributed by atoms with Crippen LogP contribution in [-0.2, 0) is 24.1 Å². The van der Waals surface area contributed by atoms with Crippen LogP contribution in [0.15, 0.2) is 65.1 Å². The third-order valence-corrected chi connectivity index (χ3v) is 10.9. The predicted molar refractivity (Wildman–Crippen MR) is 161 cm³/mol. The molecule has 0 aromatic heterocycles. The zero-order valence-electron chi connectivity index (χ0n) is 22.3. The molecule has 206 valence electrons. The van der Waals surface area contributed by atoms with Crippen molar-refractivity contribution >= 4 is 62.5 Å². The molecule has 0 spiro atoms. The zero-order chi connectivity index (χ0) is 28.4. The number of anilines is 1. The number of rotatable bonds is 7. The highest BCUT2D eigenvalue weighted by Crippen LogP contribution is 2.69. The molecule has 0 radical (unpaired) electrons. The van der Waals surface area contributed by atoms with Crippen molar-refractivity contribution in [3.63, 3.8) is 0 Å². The lowest BCUT2D eigenvalue weighted by atomic mass is 9.54. The van der Waals surface area contributed by atoms with Gasteiger partial charge in [-0.05, 0) is 72.2 Å². The van der Waals surface area contributed by atoms with Crippen molar-refractivity contribution in [1.29, 1.82) is 0 Å². The summed E-state index contributed by atoms with van der Waals surface area (Å²) in [5.41, 5.74) is 6.06. The first kappa shape index (κ1) is 27.5. The van der Waals surface area contributed by atoms with Crippen molar-refractivity contribution in [1.82, 2.24) is 4.90 Å². The van der Waals surface area contributed by atoms with E-state index in [0.717, 1.165) is 43.5 Å². The molecule has 2 bridgehead atoms. The van der Waals surface area contributed by atoms with Gasteiger partial charge in [0, 0.05) is 23.1 Å². The molecule has 8 heteroatoms. The standard InChI is InChI=1S/C32H29BrCl2N2O3/c1-18-17-25(19(2)16-24(18)33)36-26(38)14-4-3-9-15-37-29(39)27-28(30(37)40)32(35)21-11-6-5-10-20(21)31(27,34)22-12-7-8-13-23(22)32/h5-8,10-13,16-17,27-28H,3-4,9,14-15H2,1-2H3,(H,36,38)/t27-,28-,31?,32?/m1/s1. The first-order valence-corrected chi connectivity index (χ1v) is 15.1. The van der Waals surface area contributed by atoms with E-state index in [-0.39, 0.29) is 24.3 Å². The molecular weight excluding hydrogens is 611 g/mol. The Balaban J connectivity index is 1.14. The van der Waals surface area contributed by atoms with Gasteiger partial charge in [-0.2, -0.15) is 0 Å². The molecule has 0 unspecified atom stereocenters. The number of unbranched alkanes of at least 4 members (excludes halogenated alkanes) is 2. The van der Waals surface area contributed by atoms with Crippen LogP contribution < -0.4 is 5.32 Å². The molecule has 3 aromatic carbocycles. The van der Waals surface area contributed by atoms with Gasteiger partial charge in [-0.25, -0.2) is 0 Å². The Kier molecular flexibility index (Phi) is 6.88. The van der Waals surface area contributed by atoms with Crippen LogP contribution in [0.3, 0.4) is 0 Å². The number of alkyl halides is 2. The third kappa shape index (κ3) is 3.90. The molecule has 3 amide bonds. The minimum Gasteiger partial charge on any atom is -0.326 e. The Morgan fingerprint density at radius 1 is 0.825 bits per heavy atom. The van der Waals surface area contributed by atoms with Crippen LogP contribution in [0.25, 0.3) is 0 Å². The van der Waals surface area contributed by atoms with Crippen LogP contribution in [0.1, 0.15) is 59.1 Å². The number of carbonyl (C=O) groups is 3. The quantitative estimate of drug-likeness (QED) is 0.170. The lowest BCUT2D eigenvalue weighted by Crippen LogP contribution is -2.57. The fourth-order valence-corrected chi connectivity index (χ4v) is 8.36. The second-order valence-corrected chi connectivity index (χ2v) is 13.1. The molecule has 40 heavy (non-hydrogen) atoms. The summed E-state index contributed by atoms with van der Waals surface area (Å²) in [4.78, 5) is 39.3. The molecular formula is C32H29BrCl2N2O3. The van der Waals surface area contributed by atoms with E-state index in [9.17, 15) is 14.4 Å². The van der Waals surface area contributed by atoms with E-state index >= 15 is 0 Å². The fraction of sp³-hybridized carbons (Fsp3) is 0.344. The molecule has 1 saturated heterocycles. The van der Waals surface area contributed by atoms with Crippen LogP contribution >= 0.6 is 39.1 Å². The Hall–Kier alpha value is -2.67. The van der Waals surface area contributed by atoms with Crippen molar-refractivity contribution < 1.29 is 14.4 Å². The number of aryl methyl sites for hydroxylation is 2. The summed E-state index contributed by atoms with van der Waals surface area (Å²) in [6, 6.07) is 19.2. The molecule has 5 nitrogen and oxygen atoms in total. The van der Waals surface area contributed by atoms with Gasteiger partial charge in [0.05, 0.1) is 11.8 Å². The summed E-state index contributed by atoms with van der Waals surface area (Å²) in [5.74, 6) is -2.13. The second kappa shape index (κ2) is 10.0. The molecule has 2 atom stereocenters. The number of halogens is 3. The van der Waals surface area contributed by atoms with E-state index in [1.807, 2.05) is 74.5 Å². The van der Waals surface area contributed by atoms with Gasteiger partial charge in [-0.3, -0.25) is 19.3 Å². The lowest BCUT2D eigenvalue weighted by molar-refractivity contribution is -0.140. The number of likely N-dealkylation sites (tertiary alicyclic amines) is 1. The minimum absolute atomic E-state index is 0.0514. The Morgan fingerprint density at radius 2 is 1.32 bits per heavy atom. The second-order valence-electron chi connectivity index (χ2n) is 11.1. The van der Waals surface area contributed by atoms with Gasteiger partial charge in [-0.1, -0.05) is 70.9 Å². The monoisotopic (exact) mass is 638 g/mol. The number of nitrogens with zero attached hydrogens (tertiary/aromatic N) is 1. The smallest absolute Gasteiger partial charge is 0.235 e. The lowest BCUT2D eigenvalue weighted by Gasteiger charge is -2.54. The van der Waals surface area contributed by atoms with Gasteiger partial charge in [0.2, 0.25) is 17.7 Å². The van der Waals surface area contributed by atoms with Crippen LogP contribution in [0.2, 0.25) is 0 Å². The van der Waals surface area contributed by atoms with E-state index in [1.165, 1.54) is 4.90 Å². The SMILES string of the molecule is Cc1cc(NC(=O)CCCCCN2C(=O)[C@H]3[C@H](C2=O)C2(Cl)c4ccccc4C3(Cl)c3ccccc32)c(C)cc1Br. The van der Waals surface area contributed by atoms with E-state index in [0.29, 0.717) is 25.7 Å². The highest BCUT2D eigenvalue weighted by molar-refractivity contribution is 9.10. The van der Waals surface area contributed by atoms with Crippen molar-refractivity contribution in [2.75, 3.05) is 11.9 Å². The van der Waals surface area contributed by atoms with Crippen LogP contribution in [0, 0.1) is 25.7 Å². The number of amides is 3. The normalized spacial score (nSPS) is 26.0. The summed E-state index contributed by atoms with van der Waals surface area (Å²) >= 11 is 18.4. The largest absolute Gasteiger partial charge is 0.326 e. The average molecular weight is 640 g/mol. The summed E-state index contributed by atoms with van der Waals surface area (Å²) in [6.45, 7) is 4.22. The molecule has 1 N–H and O–H groups in total. The number of imide groups is 1. The Labute approximate surface area is 252 Å². The van der Waals surface area contributed by atoms with Gasteiger partial charge in [0.25, 0.3) is 0 Å². The number of hydrogen-bond acceptors (Lipinski definition) is 3. The topological polar surface area (TPSA) is 66.5 Å². The molecule has 4 aliphatic rings. The summed E-state index contributed by atoms with van der Waals surface area (Å²) in [6.07, 6.45) is 2.32. The minimum atomic E-state index is -1.16. The van der Waals surface area contributed by atoms with Crippen molar-refractivity contribution in [2.24, 2.45) is 11.8 Å². The van der Waals surface area contributed by atoms with E-state index in [2.05, 4.69) is 21.2 Å². The van der Waals surface area contributed by atoms with Crippen LogP contribution in [-0.4, -0.2) is 29.2 Å². The van der Waals surface area contributed by atoms with Crippen LogP contribution in [0.4, 0.5) is 5.69 Å². The maximum atomic E-state index is 13.9. The van der Waals surface area contributed by atoms with E-state index in [1.54, 1.807) is 0 Å². The number of carbonyl (C=O) groups excluding carboxylic acids is 3. The van der Waals surface area contributed by atoms with Gasteiger partial charge < -0.3 is 5.32 Å². The van der Waals surface area contributed by atoms with Crippen molar-refractivity contribution in [2.45, 2.75) is 49.3 Å². The summed E-state index contributed by atoms with van der Waals surface area (Å²) in [7, 11) is 0. The molecule has 1 fully saturated rings. The fourth-order valence-electron chi connectivity index (χ4n) is 6.81. The maximum absolute atomic E-state index is 13.9. The summed E-state index contributed by atoms with van der Waals surface area (Å²) in [5, 5.41) is 2.99. The van der Waals surface area contributed by atoms with Crippen molar-refractivity contribution in [3.05, 3.63) is 98.5 Å². The van der Waals surface area contributed by atoms with E-state index < -0.39 is 21.6 Å². The zero-order valence-corrected chi connectivity index (χ0v) is 25.4. The van der Waals surface area contributed by atoms with Gasteiger partial charge in [-0.15, -0.1) is 23.2 Å². The Bertz CT molecular complexity index is 1450. The summed E-state index contributed by atoms with van der Waals surface area (Å²) < 4.78 is 1.01. The molecule has 1 heterocycles. The molecule has 1 aliphatic heterocycles. The van der Waals surface area contributed by atoms with Crippen molar-refractivity contribution in [3.8, 4) is 0 Å². The third-order valence-electron chi connectivity index (χ3n) is 8.74. The molecule has 0 saturated carbocycles. The maximum Gasteiger partial charge on any atom is 0.235 e. The first-order valence-electron chi connectivity index (χ1n) is 13.6. The van der Waals surface area contributed by atoms with Crippen LogP contribution in [0.5, 0.6) is 0 Å². The highest BCUT2D eigenvalue weighted by Gasteiger charge is 2.72. The molecule has 3 aromatic rings. The van der Waals surface area contributed by atoms with E-state index in [4.69, 9.17) is 23.2 Å². The highest BCUT2D eigenvalue weighted by atomic mass is 79.9. The first-order chi connectivity index (χ1) is 19.1. The Morgan fingerprint density at radius 3 is 1.82 bits per heavy atom. The predicted octanol–water partition coefficient (Wildman–Crippen LogP) is 7.16. The number of benzene rings is 3. The molecule has 3 aliphatic carbocycles. The van der Waals surface area contributed by atoms with Gasteiger partial charge in [0.15, 0.2) is 0 Å². The molecule has 7 rings (SSSR count). The van der Waals surface area contributed by atoms with Gasteiger partial charge >= 0.3 is 0 Å². The number of nitrogens with one attached hydrogen (secondary N) is 1. The number of hydrogen-bond donors (Lipinski definition) is 1.